The van der Waals surface area contributed by atoms with Gasteiger partial charge in [0.05, 0.1) is 6.54 Å². The van der Waals surface area contributed by atoms with E-state index in [1.165, 1.54) is 56.9 Å². The molecule has 3 saturated carbocycles. The van der Waals surface area contributed by atoms with Crippen LogP contribution in [-0.2, 0) is 11.2 Å². The van der Waals surface area contributed by atoms with Crippen LogP contribution >= 0.6 is 0 Å². The quantitative estimate of drug-likeness (QED) is 0.827. The van der Waals surface area contributed by atoms with Crippen molar-refractivity contribution in [1.29, 1.82) is 0 Å². The van der Waals surface area contributed by atoms with Gasteiger partial charge in [-0.2, -0.15) is 0 Å². The lowest BCUT2D eigenvalue weighted by atomic mass is 9.57. The Bertz CT molecular complexity index is 579. The number of carbonyl (C=O) groups is 1. The first-order chi connectivity index (χ1) is 12.3. The van der Waals surface area contributed by atoms with Gasteiger partial charge < -0.3 is 10.2 Å². The number of fused-ring (bicyclic) bond motifs is 2. The number of piperidine rings is 1. The maximum absolute atomic E-state index is 13.0. The molecule has 1 unspecified atom stereocenters. The zero-order valence-corrected chi connectivity index (χ0v) is 15.4. The fraction of sp³-hybridized carbons (Fsp3) is 0.682. The number of benzene rings is 1. The largest absolute Gasteiger partial charge is 0.336 e. The van der Waals surface area contributed by atoms with Crippen LogP contribution < -0.4 is 5.32 Å². The second-order valence-corrected chi connectivity index (χ2v) is 8.44. The molecule has 1 aliphatic heterocycles. The Balaban J connectivity index is 1.34. The number of carbonyl (C=O) groups excluding carboxylic acids is 1. The van der Waals surface area contributed by atoms with Crippen molar-refractivity contribution in [1.82, 2.24) is 10.2 Å². The summed E-state index contributed by atoms with van der Waals surface area (Å²) in [6.07, 6.45) is 11.6. The van der Waals surface area contributed by atoms with Crippen molar-refractivity contribution in [2.45, 2.75) is 63.3 Å². The van der Waals surface area contributed by atoms with E-state index in [4.69, 9.17) is 0 Å². The molecular weight excluding hydrogens is 308 g/mol. The number of rotatable bonds is 5. The summed E-state index contributed by atoms with van der Waals surface area (Å²) in [6, 6.07) is 10.5. The summed E-state index contributed by atoms with van der Waals surface area (Å²) in [5, 5.41) is 3.41. The molecule has 25 heavy (non-hydrogen) atoms. The summed E-state index contributed by atoms with van der Waals surface area (Å²) in [4.78, 5) is 15.3. The van der Waals surface area contributed by atoms with Crippen molar-refractivity contribution in [3.63, 3.8) is 0 Å². The van der Waals surface area contributed by atoms with Crippen LogP contribution in [0.2, 0.25) is 0 Å². The van der Waals surface area contributed by atoms with Crippen molar-refractivity contribution < 1.29 is 4.79 Å². The minimum absolute atomic E-state index is 0.220. The van der Waals surface area contributed by atoms with Crippen LogP contribution in [0.1, 0.15) is 56.9 Å². The van der Waals surface area contributed by atoms with Gasteiger partial charge in [0.25, 0.3) is 0 Å². The highest BCUT2D eigenvalue weighted by Gasteiger charge is 2.52. The maximum Gasteiger partial charge on any atom is 0.236 e. The molecule has 3 heteroatoms. The zero-order chi connectivity index (χ0) is 17.1. The van der Waals surface area contributed by atoms with Crippen molar-refractivity contribution in [2.24, 2.45) is 11.8 Å². The molecule has 1 heterocycles. The Morgan fingerprint density at radius 1 is 1.12 bits per heavy atom. The summed E-state index contributed by atoms with van der Waals surface area (Å²) in [5.74, 6) is 2.00. The highest BCUT2D eigenvalue weighted by molar-refractivity contribution is 5.79. The molecule has 4 fully saturated rings. The summed E-state index contributed by atoms with van der Waals surface area (Å²) in [7, 11) is 0. The molecule has 5 rings (SSSR count). The van der Waals surface area contributed by atoms with Gasteiger partial charge in [0.2, 0.25) is 5.91 Å². The molecule has 3 aliphatic carbocycles. The zero-order valence-electron chi connectivity index (χ0n) is 15.4. The average molecular weight is 341 g/mol. The Hall–Kier alpha value is -1.35. The van der Waals surface area contributed by atoms with Gasteiger partial charge in [0, 0.05) is 12.1 Å². The van der Waals surface area contributed by atoms with E-state index >= 15 is 0 Å². The van der Waals surface area contributed by atoms with Crippen LogP contribution in [-0.4, -0.2) is 36.0 Å². The van der Waals surface area contributed by atoms with Crippen molar-refractivity contribution in [3.05, 3.63) is 35.9 Å². The summed E-state index contributed by atoms with van der Waals surface area (Å²) >= 11 is 0. The normalized spacial score (nSPS) is 31.4. The first-order valence-corrected chi connectivity index (χ1v) is 10.3. The molecule has 0 aromatic heterocycles. The lowest BCUT2D eigenvalue weighted by Crippen LogP contribution is -2.63. The first-order valence-electron chi connectivity index (χ1n) is 10.3. The molecule has 1 aromatic rings. The highest BCUT2D eigenvalue weighted by Crippen LogP contribution is 2.53. The smallest absolute Gasteiger partial charge is 0.236 e. The fourth-order valence-electron chi connectivity index (χ4n) is 5.81. The molecular formula is C22H32N2O. The van der Waals surface area contributed by atoms with E-state index in [2.05, 4.69) is 34.5 Å². The third-order valence-corrected chi connectivity index (χ3v) is 7.04. The maximum atomic E-state index is 13.0. The van der Waals surface area contributed by atoms with Crippen LogP contribution in [0.4, 0.5) is 0 Å². The van der Waals surface area contributed by atoms with E-state index < -0.39 is 0 Å². The van der Waals surface area contributed by atoms with Gasteiger partial charge in [-0.05, 0) is 68.9 Å². The first kappa shape index (κ1) is 17.1. The lowest BCUT2D eigenvalue weighted by Gasteiger charge is -2.59. The molecule has 1 amide bonds. The second kappa shape index (κ2) is 7.49. The van der Waals surface area contributed by atoms with Gasteiger partial charge in [0.15, 0.2) is 0 Å². The second-order valence-electron chi connectivity index (χ2n) is 8.44. The van der Waals surface area contributed by atoms with E-state index in [-0.39, 0.29) is 5.54 Å². The van der Waals surface area contributed by atoms with E-state index in [0.29, 0.717) is 12.5 Å². The van der Waals surface area contributed by atoms with Crippen LogP contribution in [0, 0.1) is 11.8 Å². The van der Waals surface area contributed by atoms with Gasteiger partial charge in [-0.25, -0.2) is 0 Å². The number of amides is 1. The summed E-state index contributed by atoms with van der Waals surface area (Å²) in [5.41, 5.74) is 1.55. The summed E-state index contributed by atoms with van der Waals surface area (Å²) < 4.78 is 0. The van der Waals surface area contributed by atoms with Crippen LogP contribution in [0.25, 0.3) is 0 Å². The topological polar surface area (TPSA) is 32.3 Å². The minimum Gasteiger partial charge on any atom is -0.336 e. The van der Waals surface area contributed by atoms with Crippen molar-refractivity contribution >= 4 is 5.91 Å². The SMILES string of the molecule is O=C(CNCCc1ccccc1)N1CCCCC12CC1CCC2CC1. The van der Waals surface area contributed by atoms with Gasteiger partial charge >= 0.3 is 0 Å². The van der Waals surface area contributed by atoms with E-state index in [1.807, 2.05) is 6.07 Å². The summed E-state index contributed by atoms with van der Waals surface area (Å²) in [6.45, 7) is 2.37. The molecule has 1 N–H and O–H groups in total. The van der Waals surface area contributed by atoms with Crippen LogP contribution in [0.5, 0.6) is 0 Å². The monoisotopic (exact) mass is 340 g/mol. The molecule has 3 nitrogen and oxygen atoms in total. The molecule has 1 spiro atoms. The standard InChI is InChI=1S/C22H32N2O/c25-21(17-23-14-12-18-6-2-1-3-7-18)24-15-5-4-13-22(24)16-19-8-10-20(22)11-9-19/h1-3,6-7,19-20,23H,4-5,8-17H2. The van der Waals surface area contributed by atoms with Crippen molar-refractivity contribution in [3.8, 4) is 0 Å². The predicted molar refractivity (Wildman–Crippen MR) is 101 cm³/mol. The van der Waals surface area contributed by atoms with E-state index in [0.717, 1.165) is 31.3 Å². The van der Waals surface area contributed by atoms with Gasteiger partial charge in [-0.15, -0.1) is 0 Å². The van der Waals surface area contributed by atoms with Gasteiger partial charge in [-0.1, -0.05) is 43.2 Å². The molecule has 1 aromatic carbocycles. The highest BCUT2D eigenvalue weighted by atomic mass is 16.2. The molecule has 2 bridgehead atoms. The third-order valence-electron chi connectivity index (χ3n) is 7.04. The molecule has 0 radical (unpaired) electrons. The Morgan fingerprint density at radius 3 is 2.64 bits per heavy atom. The number of hydrogen-bond acceptors (Lipinski definition) is 2. The van der Waals surface area contributed by atoms with E-state index in [1.54, 1.807) is 0 Å². The Morgan fingerprint density at radius 2 is 1.92 bits per heavy atom. The van der Waals surface area contributed by atoms with Crippen LogP contribution in [0.3, 0.4) is 0 Å². The van der Waals surface area contributed by atoms with E-state index in [9.17, 15) is 4.79 Å². The molecule has 1 saturated heterocycles. The predicted octanol–water partition coefficient (Wildman–Crippen LogP) is 3.78. The molecule has 4 aliphatic rings. The van der Waals surface area contributed by atoms with Gasteiger partial charge in [0.1, 0.15) is 0 Å². The lowest BCUT2D eigenvalue weighted by molar-refractivity contribution is -0.150. The number of likely N-dealkylation sites (tertiary alicyclic amines) is 1. The number of hydrogen-bond donors (Lipinski definition) is 1. The third kappa shape index (κ3) is 3.48. The Labute approximate surface area is 152 Å². The number of nitrogens with zero attached hydrogens (tertiary/aromatic N) is 1. The molecule has 1 atom stereocenters. The van der Waals surface area contributed by atoms with Crippen molar-refractivity contribution in [2.75, 3.05) is 19.6 Å². The van der Waals surface area contributed by atoms with Gasteiger partial charge in [-0.3, -0.25) is 4.79 Å². The minimum atomic E-state index is 0.220. The Kier molecular flexibility index (Phi) is 5.12. The average Bonchev–Trinajstić information content (AvgIpc) is 2.67. The number of nitrogens with one attached hydrogen (secondary N) is 1. The molecule has 136 valence electrons. The fourth-order valence-corrected chi connectivity index (χ4v) is 5.81. The van der Waals surface area contributed by atoms with Crippen LogP contribution in [0.15, 0.2) is 30.3 Å².